The van der Waals surface area contributed by atoms with E-state index in [1.54, 1.807) is 42.2 Å². The van der Waals surface area contributed by atoms with Gasteiger partial charge in [-0.25, -0.2) is 4.39 Å². The number of halogens is 1. The zero-order valence-corrected chi connectivity index (χ0v) is 16.4. The number of fused-ring (bicyclic) bond motifs is 1. The van der Waals surface area contributed by atoms with E-state index in [9.17, 15) is 9.50 Å². The van der Waals surface area contributed by atoms with Crippen molar-refractivity contribution >= 4 is 46.2 Å². The Hall–Kier alpha value is -2.12. The normalized spacial score (nSPS) is 11.1. The van der Waals surface area contributed by atoms with Gasteiger partial charge in [0, 0.05) is 29.7 Å². The van der Waals surface area contributed by atoms with Crippen LogP contribution in [0.15, 0.2) is 36.5 Å². The van der Waals surface area contributed by atoms with Gasteiger partial charge in [-0.2, -0.15) is 0 Å². The molecule has 0 aliphatic carbocycles. The van der Waals surface area contributed by atoms with Gasteiger partial charge in [0.1, 0.15) is 11.3 Å². The average molecular weight is 390 g/mol. The number of phenolic OH excluding ortho intramolecular Hbond substituents is 1. The Morgan fingerprint density at radius 2 is 1.81 bits per heavy atom. The van der Waals surface area contributed by atoms with Gasteiger partial charge in [-0.3, -0.25) is 8.69 Å². The summed E-state index contributed by atoms with van der Waals surface area (Å²) in [4.78, 5) is 4.46. The maximum absolute atomic E-state index is 13.1. The molecule has 0 spiro atoms. The molecular weight excluding hydrogens is 369 g/mol. The number of anilines is 2. The minimum absolute atomic E-state index is 0.0109. The van der Waals surface area contributed by atoms with E-state index in [4.69, 9.17) is 5.73 Å². The predicted molar refractivity (Wildman–Crippen MR) is 111 cm³/mol. The van der Waals surface area contributed by atoms with Gasteiger partial charge < -0.3 is 10.8 Å². The number of nitrogens with zero attached hydrogens (tertiary/aromatic N) is 2. The van der Waals surface area contributed by atoms with Crippen molar-refractivity contribution in [1.29, 1.82) is 0 Å². The second kappa shape index (κ2) is 7.63. The Bertz CT molecular complexity index is 944. The Morgan fingerprint density at radius 1 is 1.15 bits per heavy atom. The standard InChI is InChI=1S/C19H20FN3OS2/c1-11-16(21)19(24)17-15(18(11)23(25-2)26-3)9-13(10-22-17)8-12-4-6-14(20)7-5-12/h4-7,9-10,24H,8,21H2,1-3H3. The van der Waals surface area contributed by atoms with Crippen molar-refractivity contribution in [2.24, 2.45) is 0 Å². The molecule has 0 saturated heterocycles. The zero-order valence-electron chi connectivity index (χ0n) is 14.8. The first-order valence-electron chi connectivity index (χ1n) is 7.98. The van der Waals surface area contributed by atoms with Crippen LogP contribution in [0.25, 0.3) is 10.9 Å². The fraction of sp³-hybridized carbons (Fsp3) is 0.211. The minimum Gasteiger partial charge on any atom is -0.504 e. The van der Waals surface area contributed by atoms with Crippen LogP contribution in [-0.2, 0) is 6.42 Å². The van der Waals surface area contributed by atoms with Crippen molar-refractivity contribution in [3.05, 3.63) is 59.0 Å². The van der Waals surface area contributed by atoms with Crippen LogP contribution in [0, 0.1) is 12.7 Å². The zero-order chi connectivity index (χ0) is 18.8. The Morgan fingerprint density at radius 3 is 2.42 bits per heavy atom. The molecule has 0 radical (unpaired) electrons. The van der Waals surface area contributed by atoms with Crippen molar-refractivity contribution < 1.29 is 9.50 Å². The van der Waals surface area contributed by atoms with Crippen LogP contribution in [0.3, 0.4) is 0 Å². The molecule has 0 fully saturated rings. The highest BCUT2D eigenvalue weighted by molar-refractivity contribution is 8.17. The molecule has 0 unspecified atom stereocenters. The van der Waals surface area contributed by atoms with E-state index < -0.39 is 0 Å². The van der Waals surface area contributed by atoms with Crippen LogP contribution in [0.1, 0.15) is 16.7 Å². The second-order valence-electron chi connectivity index (χ2n) is 5.90. The first kappa shape index (κ1) is 18.7. The third-order valence-electron chi connectivity index (χ3n) is 4.27. The Kier molecular flexibility index (Phi) is 5.48. The third-order valence-corrected chi connectivity index (χ3v) is 6.20. The summed E-state index contributed by atoms with van der Waals surface area (Å²) < 4.78 is 15.2. The molecule has 0 atom stereocenters. The monoisotopic (exact) mass is 389 g/mol. The summed E-state index contributed by atoms with van der Waals surface area (Å²) in [6.45, 7) is 1.90. The molecule has 7 heteroatoms. The van der Waals surface area contributed by atoms with Crippen molar-refractivity contribution in [2.75, 3.05) is 22.0 Å². The van der Waals surface area contributed by atoms with Crippen LogP contribution in [-0.4, -0.2) is 22.6 Å². The highest BCUT2D eigenvalue weighted by Crippen LogP contribution is 2.44. The number of aromatic hydroxyl groups is 1. The van der Waals surface area contributed by atoms with Crippen LogP contribution in [0.4, 0.5) is 15.8 Å². The van der Waals surface area contributed by atoms with Crippen LogP contribution >= 0.6 is 23.9 Å². The van der Waals surface area contributed by atoms with Crippen LogP contribution in [0.5, 0.6) is 5.75 Å². The molecule has 136 valence electrons. The third kappa shape index (κ3) is 3.41. The van der Waals surface area contributed by atoms with Gasteiger partial charge in [0.2, 0.25) is 0 Å². The van der Waals surface area contributed by atoms with E-state index in [0.29, 0.717) is 17.6 Å². The van der Waals surface area contributed by atoms with Gasteiger partial charge in [0.25, 0.3) is 0 Å². The lowest BCUT2D eigenvalue weighted by Gasteiger charge is -2.24. The first-order valence-corrected chi connectivity index (χ1v) is 10.3. The lowest BCUT2D eigenvalue weighted by Crippen LogP contribution is -2.07. The van der Waals surface area contributed by atoms with Gasteiger partial charge in [-0.15, -0.1) is 0 Å². The van der Waals surface area contributed by atoms with Crippen molar-refractivity contribution in [1.82, 2.24) is 4.98 Å². The lowest BCUT2D eigenvalue weighted by molar-refractivity contribution is 0.482. The number of rotatable bonds is 5. The van der Waals surface area contributed by atoms with E-state index in [0.717, 1.165) is 27.8 Å². The van der Waals surface area contributed by atoms with E-state index in [1.165, 1.54) is 12.1 Å². The average Bonchev–Trinajstić information content (AvgIpc) is 2.65. The highest BCUT2D eigenvalue weighted by atomic mass is 32.2. The SMILES string of the molecule is CSN(SC)c1c(C)c(N)c(O)c2ncc(Cc3ccc(F)cc3)cc12. The molecule has 3 aromatic rings. The van der Waals surface area contributed by atoms with E-state index in [1.807, 2.05) is 25.5 Å². The number of phenols is 1. The maximum Gasteiger partial charge on any atom is 0.165 e. The summed E-state index contributed by atoms with van der Waals surface area (Å²) in [7, 11) is 0. The molecule has 0 aliphatic heterocycles. The fourth-order valence-electron chi connectivity index (χ4n) is 2.94. The topological polar surface area (TPSA) is 62.4 Å². The van der Waals surface area contributed by atoms with E-state index in [-0.39, 0.29) is 11.6 Å². The number of hydrogen-bond acceptors (Lipinski definition) is 6. The smallest absolute Gasteiger partial charge is 0.165 e. The van der Waals surface area contributed by atoms with Gasteiger partial charge in [0.15, 0.2) is 5.75 Å². The molecule has 0 saturated carbocycles. The predicted octanol–water partition coefficient (Wildman–Crippen LogP) is 4.92. The molecule has 2 aromatic carbocycles. The van der Waals surface area contributed by atoms with E-state index in [2.05, 4.69) is 8.69 Å². The fourth-order valence-corrected chi connectivity index (χ4v) is 4.37. The largest absolute Gasteiger partial charge is 0.504 e. The first-order chi connectivity index (χ1) is 12.5. The van der Waals surface area contributed by atoms with Gasteiger partial charge in [0.05, 0.1) is 11.4 Å². The molecule has 1 heterocycles. The molecule has 0 amide bonds. The number of aromatic nitrogens is 1. The number of nitrogens with two attached hydrogens (primary N) is 1. The molecule has 26 heavy (non-hydrogen) atoms. The van der Waals surface area contributed by atoms with Gasteiger partial charge in [-0.05, 0) is 66.6 Å². The van der Waals surface area contributed by atoms with Crippen molar-refractivity contribution in [3.8, 4) is 5.75 Å². The summed E-state index contributed by atoms with van der Waals surface area (Å²) >= 11 is 3.14. The number of hydrogen-bond donors (Lipinski definition) is 2. The summed E-state index contributed by atoms with van der Waals surface area (Å²) in [5.74, 6) is -0.240. The van der Waals surface area contributed by atoms with Crippen LogP contribution < -0.4 is 9.44 Å². The number of nitrogen functional groups attached to an aromatic ring is 1. The number of pyridine rings is 1. The van der Waals surface area contributed by atoms with Gasteiger partial charge in [-0.1, -0.05) is 12.1 Å². The Labute approximate surface area is 160 Å². The molecular formula is C19H20FN3OS2. The van der Waals surface area contributed by atoms with Crippen LogP contribution in [0.2, 0.25) is 0 Å². The summed E-state index contributed by atoms with van der Waals surface area (Å²) in [6.07, 6.45) is 6.33. The van der Waals surface area contributed by atoms with Crippen molar-refractivity contribution in [3.63, 3.8) is 0 Å². The maximum atomic E-state index is 13.1. The minimum atomic E-state index is -0.251. The molecule has 1 aromatic heterocycles. The van der Waals surface area contributed by atoms with E-state index >= 15 is 0 Å². The molecule has 0 aliphatic rings. The molecule has 3 rings (SSSR count). The summed E-state index contributed by atoms with van der Waals surface area (Å²) in [6, 6.07) is 8.46. The lowest BCUT2D eigenvalue weighted by atomic mass is 10.0. The second-order valence-corrected chi connectivity index (χ2v) is 7.59. The highest BCUT2D eigenvalue weighted by Gasteiger charge is 2.20. The molecule has 3 N–H and O–H groups in total. The molecule has 4 nitrogen and oxygen atoms in total. The molecule has 0 bridgehead atoms. The summed E-state index contributed by atoms with van der Waals surface area (Å²) in [5, 5.41) is 11.3. The quantitative estimate of drug-likeness (QED) is 0.367. The van der Waals surface area contributed by atoms with Crippen molar-refractivity contribution in [2.45, 2.75) is 13.3 Å². The summed E-state index contributed by atoms with van der Waals surface area (Å²) in [5.41, 5.74) is 10.7. The number of benzene rings is 2. The Balaban J connectivity index is 2.16. The van der Waals surface area contributed by atoms with Gasteiger partial charge >= 0.3 is 0 Å².